The van der Waals surface area contributed by atoms with E-state index in [1.54, 1.807) is 0 Å². The Balaban J connectivity index is 1.58. The average Bonchev–Trinajstić information content (AvgIpc) is 2.90. The van der Waals surface area contributed by atoms with E-state index in [9.17, 15) is 9.90 Å². The van der Waals surface area contributed by atoms with Gasteiger partial charge < -0.3 is 15.0 Å². The first-order valence-electron chi connectivity index (χ1n) is 7.53. The second-order valence-electron chi connectivity index (χ2n) is 5.87. The van der Waals surface area contributed by atoms with E-state index in [2.05, 4.69) is 9.97 Å². The first kappa shape index (κ1) is 14.1. The Labute approximate surface area is 124 Å². The highest BCUT2D eigenvalue weighted by atomic mass is 16.3. The molecule has 1 aromatic carbocycles. The number of fused-ring (bicyclic) bond motifs is 1. The van der Waals surface area contributed by atoms with Gasteiger partial charge in [0.2, 0.25) is 5.91 Å². The van der Waals surface area contributed by atoms with Crippen molar-refractivity contribution in [1.29, 1.82) is 0 Å². The van der Waals surface area contributed by atoms with E-state index in [0.29, 0.717) is 32.4 Å². The lowest BCUT2D eigenvalue weighted by Crippen LogP contribution is -2.45. The fraction of sp³-hybridized carbons (Fsp3) is 0.500. The van der Waals surface area contributed by atoms with E-state index in [4.69, 9.17) is 0 Å². The molecule has 2 heterocycles. The van der Waals surface area contributed by atoms with Crippen LogP contribution < -0.4 is 0 Å². The number of hydrogen-bond donors (Lipinski definition) is 2. The zero-order valence-electron chi connectivity index (χ0n) is 12.2. The number of nitrogens with one attached hydrogen (secondary N) is 1. The first-order valence-corrected chi connectivity index (χ1v) is 7.53. The number of para-hydroxylation sites is 2. The van der Waals surface area contributed by atoms with Crippen LogP contribution in [0, 0.1) is 5.92 Å². The number of benzene rings is 1. The number of carbonyl (C=O) groups excluding carboxylic acids is 1. The van der Waals surface area contributed by atoms with Crippen LogP contribution in [0.5, 0.6) is 0 Å². The van der Waals surface area contributed by atoms with E-state index in [0.717, 1.165) is 16.9 Å². The summed E-state index contributed by atoms with van der Waals surface area (Å²) < 4.78 is 0. The quantitative estimate of drug-likeness (QED) is 0.903. The number of nitrogens with zero attached hydrogens (tertiary/aromatic N) is 2. The van der Waals surface area contributed by atoms with Crippen molar-refractivity contribution in [2.45, 2.75) is 32.3 Å². The van der Waals surface area contributed by atoms with Gasteiger partial charge in [-0.1, -0.05) is 19.1 Å². The van der Waals surface area contributed by atoms with Gasteiger partial charge in [-0.05, 0) is 24.5 Å². The van der Waals surface area contributed by atoms with Gasteiger partial charge in [-0.15, -0.1) is 0 Å². The van der Waals surface area contributed by atoms with Gasteiger partial charge in [0.15, 0.2) is 0 Å². The minimum absolute atomic E-state index is 0.147. The number of H-pyrrole nitrogens is 1. The predicted octanol–water partition coefficient (Wildman–Crippen LogP) is 1.72. The lowest BCUT2D eigenvalue weighted by atomic mass is 9.96. The smallest absolute Gasteiger partial charge is 0.223 e. The number of likely N-dealkylation sites (tertiary alicyclic amines) is 1. The number of carbonyl (C=O) groups is 1. The highest BCUT2D eigenvalue weighted by molar-refractivity contribution is 5.77. The first-order chi connectivity index (χ1) is 10.1. The van der Waals surface area contributed by atoms with Gasteiger partial charge in [-0.2, -0.15) is 0 Å². The maximum absolute atomic E-state index is 12.2. The number of piperidine rings is 1. The topological polar surface area (TPSA) is 69.2 Å². The van der Waals surface area contributed by atoms with Crippen LogP contribution >= 0.6 is 0 Å². The molecular formula is C16H21N3O2. The molecule has 0 radical (unpaired) electrons. The summed E-state index contributed by atoms with van der Waals surface area (Å²) in [5, 5.41) is 9.71. The monoisotopic (exact) mass is 287 g/mol. The third kappa shape index (κ3) is 3.08. The number of amides is 1. The standard InChI is InChI=1S/C16H21N3O2/c1-11-10-19(9-8-14(11)20)16(21)7-6-15-17-12-4-2-3-5-13(12)18-15/h2-5,11,14,20H,6-10H2,1H3,(H,17,18). The Morgan fingerprint density at radius 2 is 2.29 bits per heavy atom. The van der Waals surface area contributed by atoms with Crippen LogP contribution in [0.25, 0.3) is 11.0 Å². The van der Waals surface area contributed by atoms with Crippen LogP contribution in [-0.2, 0) is 11.2 Å². The Morgan fingerprint density at radius 1 is 1.48 bits per heavy atom. The van der Waals surface area contributed by atoms with E-state index in [1.165, 1.54) is 0 Å². The summed E-state index contributed by atoms with van der Waals surface area (Å²) >= 11 is 0. The molecule has 1 saturated heterocycles. The number of rotatable bonds is 3. The Bertz CT molecular complexity index is 604. The number of aliphatic hydroxyl groups excluding tert-OH is 1. The van der Waals surface area contributed by atoms with Crippen molar-refractivity contribution in [3.05, 3.63) is 30.1 Å². The Hall–Kier alpha value is -1.88. The van der Waals surface area contributed by atoms with Crippen molar-refractivity contribution in [2.24, 2.45) is 5.92 Å². The third-order valence-corrected chi connectivity index (χ3v) is 4.23. The highest BCUT2D eigenvalue weighted by Crippen LogP contribution is 2.18. The molecule has 5 heteroatoms. The molecule has 5 nitrogen and oxygen atoms in total. The number of aryl methyl sites for hydroxylation is 1. The van der Waals surface area contributed by atoms with E-state index < -0.39 is 0 Å². The molecule has 0 saturated carbocycles. The molecule has 0 bridgehead atoms. The molecule has 0 spiro atoms. The summed E-state index contributed by atoms with van der Waals surface area (Å²) in [4.78, 5) is 21.8. The molecule has 3 rings (SSSR count). The number of aromatic nitrogens is 2. The van der Waals surface area contributed by atoms with Crippen molar-refractivity contribution in [1.82, 2.24) is 14.9 Å². The van der Waals surface area contributed by atoms with Gasteiger partial charge >= 0.3 is 0 Å². The molecule has 2 atom stereocenters. The van der Waals surface area contributed by atoms with E-state index in [-0.39, 0.29) is 17.9 Å². The maximum Gasteiger partial charge on any atom is 0.223 e. The zero-order valence-corrected chi connectivity index (χ0v) is 12.2. The van der Waals surface area contributed by atoms with E-state index in [1.807, 2.05) is 36.1 Å². The van der Waals surface area contributed by atoms with E-state index >= 15 is 0 Å². The largest absolute Gasteiger partial charge is 0.393 e. The van der Waals surface area contributed by atoms with Crippen LogP contribution in [0.15, 0.2) is 24.3 Å². The normalized spacial score (nSPS) is 22.7. The molecule has 1 aliphatic rings. The van der Waals surface area contributed by atoms with Crippen molar-refractivity contribution >= 4 is 16.9 Å². The molecule has 1 aliphatic heterocycles. The lowest BCUT2D eigenvalue weighted by Gasteiger charge is -2.34. The van der Waals surface area contributed by atoms with Gasteiger partial charge in [-0.25, -0.2) is 4.98 Å². The van der Waals surface area contributed by atoms with Crippen LogP contribution in [0.1, 0.15) is 25.6 Å². The summed E-state index contributed by atoms with van der Waals surface area (Å²) in [6.07, 6.45) is 1.49. The highest BCUT2D eigenvalue weighted by Gasteiger charge is 2.26. The fourth-order valence-electron chi connectivity index (χ4n) is 2.87. The van der Waals surface area contributed by atoms with Gasteiger partial charge in [0.1, 0.15) is 5.82 Å². The van der Waals surface area contributed by atoms with Gasteiger partial charge in [-0.3, -0.25) is 4.79 Å². The SMILES string of the molecule is CC1CN(C(=O)CCc2nc3ccccc3[nH]2)CCC1O. The van der Waals surface area contributed by atoms with Gasteiger partial charge in [0.05, 0.1) is 17.1 Å². The van der Waals surface area contributed by atoms with Crippen LogP contribution in [0.4, 0.5) is 0 Å². The fourth-order valence-corrected chi connectivity index (χ4v) is 2.87. The summed E-state index contributed by atoms with van der Waals surface area (Å²) in [5.74, 6) is 1.16. The molecule has 1 amide bonds. The van der Waals surface area contributed by atoms with Crippen molar-refractivity contribution < 1.29 is 9.90 Å². The van der Waals surface area contributed by atoms with Gasteiger partial charge in [0.25, 0.3) is 0 Å². The molecule has 1 aromatic heterocycles. The minimum atomic E-state index is -0.274. The maximum atomic E-state index is 12.2. The number of aromatic amines is 1. The molecule has 21 heavy (non-hydrogen) atoms. The molecule has 0 aliphatic carbocycles. The summed E-state index contributed by atoms with van der Waals surface area (Å²) in [6, 6.07) is 7.88. The molecule has 2 N–H and O–H groups in total. The van der Waals surface area contributed by atoms with Crippen LogP contribution in [-0.4, -0.2) is 45.1 Å². The van der Waals surface area contributed by atoms with Crippen LogP contribution in [0.2, 0.25) is 0 Å². The zero-order chi connectivity index (χ0) is 14.8. The van der Waals surface area contributed by atoms with Gasteiger partial charge in [0, 0.05) is 25.9 Å². The molecule has 1 fully saturated rings. The lowest BCUT2D eigenvalue weighted by molar-refractivity contribution is -0.134. The average molecular weight is 287 g/mol. The molecule has 2 unspecified atom stereocenters. The Morgan fingerprint density at radius 3 is 3.05 bits per heavy atom. The van der Waals surface area contributed by atoms with Crippen molar-refractivity contribution in [3.63, 3.8) is 0 Å². The third-order valence-electron chi connectivity index (χ3n) is 4.23. The number of aliphatic hydroxyl groups is 1. The molecule has 2 aromatic rings. The second-order valence-corrected chi connectivity index (χ2v) is 5.87. The minimum Gasteiger partial charge on any atom is -0.393 e. The summed E-state index contributed by atoms with van der Waals surface area (Å²) in [5.41, 5.74) is 1.95. The predicted molar refractivity (Wildman–Crippen MR) is 80.8 cm³/mol. The number of hydrogen-bond acceptors (Lipinski definition) is 3. The second kappa shape index (κ2) is 5.85. The Kier molecular flexibility index (Phi) is 3.92. The molecule has 112 valence electrons. The van der Waals surface area contributed by atoms with Crippen LogP contribution in [0.3, 0.4) is 0 Å². The van der Waals surface area contributed by atoms with Crippen molar-refractivity contribution in [2.75, 3.05) is 13.1 Å². The number of imidazole rings is 1. The van der Waals surface area contributed by atoms with Crippen molar-refractivity contribution in [3.8, 4) is 0 Å². The summed E-state index contributed by atoms with van der Waals surface area (Å²) in [7, 11) is 0. The molecular weight excluding hydrogens is 266 g/mol. The summed E-state index contributed by atoms with van der Waals surface area (Å²) in [6.45, 7) is 3.30.